The van der Waals surface area contributed by atoms with E-state index in [0.717, 1.165) is 86.4 Å². The molecule has 0 atom stereocenters. The minimum Gasteiger partial charge on any atom is -0.494 e. The van der Waals surface area contributed by atoms with Crippen molar-refractivity contribution in [3.8, 4) is 28.0 Å². The van der Waals surface area contributed by atoms with Crippen LogP contribution in [0.2, 0.25) is 0 Å². The van der Waals surface area contributed by atoms with Gasteiger partial charge in [-0.3, -0.25) is 9.59 Å². The van der Waals surface area contributed by atoms with Crippen molar-refractivity contribution < 1.29 is 32.6 Å². The molecule has 3 heterocycles. The Bertz CT molecular complexity index is 2710. The average molecular weight is 1010 g/mol. The summed E-state index contributed by atoms with van der Waals surface area (Å²) in [5.74, 6) is -1.11. The normalized spacial score (nSPS) is 13.2. The summed E-state index contributed by atoms with van der Waals surface area (Å²) < 4.78 is 50.8. The Kier molecular flexibility index (Phi) is 21.2. The lowest BCUT2D eigenvalue weighted by molar-refractivity contribution is -0.138. The lowest BCUT2D eigenvalue weighted by Gasteiger charge is -2.37. The van der Waals surface area contributed by atoms with Crippen LogP contribution in [0, 0.1) is 17.0 Å². The van der Waals surface area contributed by atoms with Gasteiger partial charge in [-0.2, -0.15) is 5.10 Å². The molecule has 1 amide bonds. The summed E-state index contributed by atoms with van der Waals surface area (Å²) in [5, 5.41) is 10.2. The van der Waals surface area contributed by atoms with Gasteiger partial charge in [-0.15, -0.1) is 0 Å². The molecule has 386 valence electrons. The Morgan fingerprint density at radius 1 is 0.836 bits per heavy atom. The lowest BCUT2D eigenvalue weighted by Crippen LogP contribution is -2.43. The van der Waals surface area contributed by atoms with Crippen LogP contribution in [-0.4, -0.2) is 74.0 Å². The van der Waals surface area contributed by atoms with Gasteiger partial charge in [0.05, 0.1) is 38.2 Å². The van der Waals surface area contributed by atoms with Crippen molar-refractivity contribution >= 4 is 50.8 Å². The molecule has 1 N–H and O–H groups in total. The Balaban J connectivity index is 1.05. The van der Waals surface area contributed by atoms with Gasteiger partial charge in [-0.1, -0.05) is 145 Å². The molecular weight excluding hydrogens is 941 g/mol. The van der Waals surface area contributed by atoms with E-state index in [-0.39, 0.29) is 40.2 Å². The van der Waals surface area contributed by atoms with Gasteiger partial charge >= 0.3 is 0 Å². The minimum absolute atomic E-state index is 0.0859. The fourth-order valence-corrected chi connectivity index (χ4v) is 9.47. The Morgan fingerprint density at radius 2 is 1.53 bits per heavy atom. The number of carbonyl (C=O) groups excluding carboxylic acids is 2. The summed E-state index contributed by atoms with van der Waals surface area (Å²) in [5.41, 5.74) is 3.91. The monoisotopic (exact) mass is 1010 g/mol. The second-order valence-electron chi connectivity index (χ2n) is 19.4. The third kappa shape index (κ3) is 16.4. The van der Waals surface area contributed by atoms with Crippen LogP contribution in [-0.2, 0) is 20.7 Å². The number of unbranched alkanes of at least 4 members (excludes halogenated alkanes) is 10. The molecule has 7 rings (SSSR count). The van der Waals surface area contributed by atoms with Gasteiger partial charge < -0.3 is 19.5 Å². The van der Waals surface area contributed by atoms with E-state index < -0.39 is 11.6 Å². The van der Waals surface area contributed by atoms with Gasteiger partial charge in [0.15, 0.2) is 5.78 Å². The number of hydrogen-bond donors (Lipinski definition) is 1. The zero-order valence-electron chi connectivity index (χ0n) is 42.8. The van der Waals surface area contributed by atoms with Crippen molar-refractivity contribution in [1.29, 1.82) is 0 Å². The number of hydrazone groups is 1. The van der Waals surface area contributed by atoms with E-state index in [1.165, 1.54) is 62.1 Å². The molecule has 13 heteroatoms. The number of fused-ring (bicyclic) bond motifs is 1. The number of pyridine rings is 1. The number of allylic oxidation sites excluding steroid dienone is 1. The van der Waals surface area contributed by atoms with Crippen molar-refractivity contribution in [1.82, 2.24) is 15.3 Å². The highest BCUT2D eigenvalue weighted by atomic mass is 32.1. The van der Waals surface area contributed by atoms with E-state index >= 15 is 8.78 Å². The molecule has 0 bridgehead atoms. The minimum atomic E-state index is -0.785. The highest BCUT2D eigenvalue weighted by Crippen LogP contribution is 2.36. The van der Waals surface area contributed by atoms with Crippen LogP contribution in [0.1, 0.15) is 131 Å². The van der Waals surface area contributed by atoms with E-state index in [4.69, 9.17) is 24.3 Å². The average Bonchev–Trinajstić information content (AvgIpc) is 3.83. The Morgan fingerprint density at radius 3 is 2.23 bits per heavy atom. The van der Waals surface area contributed by atoms with Crippen LogP contribution in [0.15, 0.2) is 108 Å². The number of benzene rings is 4. The van der Waals surface area contributed by atoms with Crippen LogP contribution >= 0.6 is 11.3 Å². The van der Waals surface area contributed by atoms with Crippen molar-refractivity contribution in [3.05, 3.63) is 137 Å². The number of anilines is 1. The smallest absolute Gasteiger partial charge is 0.251 e. The van der Waals surface area contributed by atoms with E-state index in [9.17, 15) is 9.59 Å². The van der Waals surface area contributed by atoms with E-state index in [1.54, 1.807) is 71.9 Å². The third-order valence-corrected chi connectivity index (χ3v) is 14.0. The summed E-state index contributed by atoms with van der Waals surface area (Å²) in [6.07, 6.45) is 20.6. The van der Waals surface area contributed by atoms with Gasteiger partial charge in [0, 0.05) is 48.9 Å². The van der Waals surface area contributed by atoms with E-state index in [0.29, 0.717) is 53.7 Å². The first kappa shape index (κ1) is 54.6. The summed E-state index contributed by atoms with van der Waals surface area (Å²) in [7, 11) is 0. The molecule has 6 aromatic rings. The molecule has 2 aromatic heterocycles. The molecule has 1 fully saturated rings. The van der Waals surface area contributed by atoms with Crippen LogP contribution in [0.25, 0.3) is 38.7 Å². The predicted octanol–water partition coefficient (Wildman–Crippen LogP) is 14.2. The topological polar surface area (TPSA) is 115 Å². The molecule has 0 saturated carbocycles. The summed E-state index contributed by atoms with van der Waals surface area (Å²) in [4.78, 5) is 36.1. The van der Waals surface area contributed by atoms with Crippen LogP contribution in [0.4, 0.5) is 13.9 Å². The van der Waals surface area contributed by atoms with E-state index in [1.807, 2.05) is 36.4 Å². The molecule has 0 spiro atoms. The van der Waals surface area contributed by atoms with Gasteiger partial charge in [0.25, 0.3) is 5.91 Å². The number of nitrogens with zero attached hydrogens (tertiary/aromatic N) is 4. The van der Waals surface area contributed by atoms with Gasteiger partial charge in [-0.25, -0.2) is 23.8 Å². The standard InChI is InChI=1S/C60H71F2N5O5S/c1-4-6-8-9-10-11-12-13-14-35-67(59-66-54-18-17-34-64-58(54)73-59)65-40-52-51(46-26-28-48(29-27-46)57(69)63-33-7-5-2)39-53(61)55(56(52)62)47-24-19-45(20-25-47)38-49(68)30-21-44-22-31-50(32-23-44)72-37-16-15-36-70-41-60(3)42-71-43-60/h17-32,34,39-40H,4-16,33,35-38,41-43H2,1-3H3,(H,63,69)/b30-21+,65-40+. The number of amides is 1. The number of ether oxygens (including phenoxy) is 3. The maximum Gasteiger partial charge on any atom is 0.251 e. The SMILES string of the molecule is CCCCCCCCCCCN(/N=C/c1c(-c2ccc(C(=O)NCCCC)cc2)cc(F)c(-c2ccc(CC(=O)/C=C/c3ccc(OCCCCOCC4(C)COC4)cc3)cc2)c1F)c1nc2cccnc2s1. The van der Waals surface area contributed by atoms with Crippen molar-refractivity contribution in [2.75, 3.05) is 51.1 Å². The van der Waals surface area contributed by atoms with Crippen molar-refractivity contribution in [2.24, 2.45) is 10.5 Å². The van der Waals surface area contributed by atoms with Gasteiger partial charge in [0.2, 0.25) is 5.13 Å². The van der Waals surface area contributed by atoms with Crippen LogP contribution < -0.4 is 15.1 Å². The second-order valence-corrected chi connectivity index (χ2v) is 20.3. The number of hydrogen-bond acceptors (Lipinski definition) is 10. The van der Waals surface area contributed by atoms with Crippen molar-refractivity contribution in [2.45, 2.75) is 111 Å². The zero-order chi connectivity index (χ0) is 51.3. The molecule has 10 nitrogen and oxygen atoms in total. The first-order chi connectivity index (χ1) is 35.6. The van der Waals surface area contributed by atoms with Crippen LogP contribution in [0.3, 0.4) is 0 Å². The first-order valence-electron chi connectivity index (χ1n) is 26.3. The maximum absolute atomic E-state index is 17.3. The Hall–Kier alpha value is -6.15. The molecule has 1 saturated heterocycles. The highest BCUT2D eigenvalue weighted by molar-refractivity contribution is 7.21. The predicted molar refractivity (Wildman–Crippen MR) is 293 cm³/mol. The fourth-order valence-electron chi connectivity index (χ4n) is 8.58. The highest BCUT2D eigenvalue weighted by Gasteiger charge is 2.33. The number of rotatable bonds is 31. The van der Waals surface area contributed by atoms with Crippen molar-refractivity contribution in [3.63, 3.8) is 0 Å². The maximum atomic E-state index is 17.3. The summed E-state index contributed by atoms with van der Waals surface area (Å²) in [6, 6.07) is 26.1. The molecule has 0 unspecified atom stereocenters. The first-order valence-corrected chi connectivity index (χ1v) is 27.1. The molecule has 1 aliphatic rings. The lowest BCUT2D eigenvalue weighted by atomic mass is 9.90. The molecule has 4 aromatic carbocycles. The number of nitrogens with one attached hydrogen (secondary N) is 1. The number of halogens is 2. The molecule has 0 aliphatic carbocycles. The third-order valence-electron chi connectivity index (χ3n) is 13.0. The van der Waals surface area contributed by atoms with Crippen LogP contribution in [0.5, 0.6) is 5.75 Å². The largest absolute Gasteiger partial charge is 0.494 e. The fraction of sp³-hybridized carbons (Fsp3) is 0.417. The Labute approximate surface area is 434 Å². The summed E-state index contributed by atoms with van der Waals surface area (Å²) >= 11 is 1.41. The summed E-state index contributed by atoms with van der Waals surface area (Å²) in [6.45, 7) is 11.1. The molecular formula is C60H71F2N5O5S. The number of ketones is 1. The quantitative estimate of drug-likeness (QED) is 0.0198. The number of carbonyl (C=O) groups is 2. The molecule has 73 heavy (non-hydrogen) atoms. The molecule has 1 aliphatic heterocycles. The zero-order valence-corrected chi connectivity index (χ0v) is 43.6. The van der Waals surface area contributed by atoms with Gasteiger partial charge in [-0.05, 0) is 102 Å². The van der Waals surface area contributed by atoms with Gasteiger partial charge in [0.1, 0.15) is 27.7 Å². The number of aromatic nitrogens is 2. The molecule has 0 radical (unpaired) electrons. The van der Waals surface area contributed by atoms with E-state index in [2.05, 4.69) is 31.1 Å². The second kappa shape index (κ2) is 28.3. The number of thiazole rings is 1.